The van der Waals surface area contributed by atoms with Crippen LogP contribution in [0.25, 0.3) is 0 Å². The van der Waals surface area contributed by atoms with Gasteiger partial charge in [0.2, 0.25) is 0 Å². The fourth-order valence-corrected chi connectivity index (χ4v) is 1.57. The van der Waals surface area contributed by atoms with E-state index in [-0.39, 0.29) is 18.1 Å². The zero-order valence-electron chi connectivity index (χ0n) is 10.0. The van der Waals surface area contributed by atoms with E-state index in [9.17, 15) is 4.79 Å². The van der Waals surface area contributed by atoms with Crippen LogP contribution in [0.5, 0.6) is 0 Å². The molecule has 0 saturated carbocycles. The minimum absolute atomic E-state index is 0.232. The summed E-state index contributed by atoms with van der Waals surface area (Å²) in [4.78, 5) is 11.2. The summed E-state index contributed by atoms with van der Waals surface area (Å²) in [5.41, 5.74) is 0. The molecule has 0 amide bonds. The molecule has 1 aromatic heterocycles. The molecular weight excluding hydrogens is 206 g/mol. The number of hydrogen-bond acceptors (Lipinski definition) is 4. The van der Waals surface area contributed by atoms with E-state index in [1.54, 1.807) is 13.2 Å². The molecule has 1 aromatic rings. The Morgan fingerprint density at radius 1 is 1.56 bits per heavy atom. The number of carbonyl (C=O) groups excluding carboxylic acids is 1. The molecule has 4 heteroatoms. The van der Waals surface area contributed by atoms with Gasteiger partial charge in [-0.1, -0.05) is 0 Å². The van der Waals surface area contributed by atoms with E-state index in [4.69, 9.17) is 4.42 Å². The first-order valence-corrected chi connectivity index (χ1v) is 5.49. The Labute approximate surface area is 96.0 Å². The highest BCUT2D eigenvalue weighted by molar-refractivity contribution is 5.75. The molecule has 0 aliphatic carbocycles. The number of aryl methyl sites for hydroxylation is 1. The van der Waals surface area contributed by atoms with Crippen LogP contribution in [-0.4, -0.2) is 25.2 Å². The van der Waals surface area contributed by atoms with Crippen molar-refractivity contribution in [3.05, 3.63) is 24.2 Å². The zero-order chi connectivity index (χ0) is 12.0. The Hall–Kier alpha value is -1.29. The highest BCUT2D eigenvalue weighted by atomic mass is 16.5. The van der Waals surface area contributed by atoms with Crippen molar-refractivity contribution in [2.24, 2.45) is 0 Å². The van der Waals surface area contributed by atoms with Gasteiger partial charge in [0.05, 0.1) is 13.4 Å². The van der Waals surface area contributed by atoms with Crippen molar-refractivity contribution in [3.8, 4) is 0 Å². The molecule has 2 atom stereocenters. The Balaban J connectivity index is 2.25. The SMILES string of the molecule is COC(=O)C(C)NC(C)CCc1ccco1. The van der Waals surface area contributed by atoms with E-state index in [0.29, 0.717) is 0 Å². The van der Waals surface area contributed by atoms with Gasteiger partial charge in [-0.3, -0.25) is 4.79 Å². The monoisotopic (exact) mass is 225 g/mol. The Morgan fingerprint density at radius 3 is 2.88 bits per heavy atom. The van der Waals surface area contributed by atoms with Gasteiger partial charge in [0.15, 0.2) is 0 Å². The molecule has 0 fully saturated rings. The molecule has 2 unspecified atom stereocenters. The number of carbonyl (C=O) groups is 1. The third kappa shape index (κ3) is 4.06. The molecule has 0 aromatic carbocycles. The van der Waals surface area contributed by atoms with Gasteiger partial charge in [-0.15, -0.1) is 0 Å². The maximum Gasteiger partial charge on any atom is 0.322 e. The quantitative estimate of drug-likeness (QED) is 0.749. The van der Waals surface area contributed by atoms with Crippen LogP contribution in [0.4, 0.5) is 0 Å². The van der Waals surface area contributed by atoms with Gasteiger partial charge >= 0.3 is 5.97 Å². The van der Waals surface area contributed by atoms with Crippen LogP contribution in [0.1, 0.15) is 26.0 Å². The molecule has 1 rings (SSSR count). The minimum Gasteiger partial charge on any atom is -0.469 e. The first-order valence-electron chi connectivity index (χ1n) is 5.49. The lowest BCUT2D eigenvalue weighted by molar-refractivity contribution is -0.142. The molecule has 1 N–H and O–H groups in total. The number of rotatable bonds is 6. The van der Waals surface area contributed by atoms with Crippen molar-refractivity contribution in [1.29, 1.82) is 0 Å². The van der Waals surface area contributed by atoms with Gasteiger partial charge in [0.1, 0.15) is 11.8 Å². The van der Waals surface area contributed by atoms with Crippen molar-refractivity contribution >= 4 is 5.97 Å². The van der Waals surface area contributed by atoms with Gasteiger partial charge < -0.3 is 14.5 Å². The van der Waals surface area contributed by atoms with Crippen LogP contribution in [0.3, 0.4) is 0 Å². The molecule has 4 nitrogen and oxygen atoms in total. The van der Waals surface area contributed by atoms with Crippen LogP contribution in [0.2, 0.25) is 0 Å². The standard InChI is InChI=1S/C12H19NO3/c1-9(13-10(2)12(14)15-3)6-7-11-5-4-8-16-11/h4-5,8-10,13H,6-7H2,1-3H3. The summed E-state index contributed by atoms with van der Waals surface area (Å²) in [6.07, 6.45) is 3.47. The lowest BCUT2D eigenvalue weighted by Gasteiger charge is -2.17. The molecule has 90 valence electrons. The highest BCUT2D eigenvalue weighted by Crippen LogP contribution is 2.06. The average molecular weight is 225 g/mol. The van der Waals surface area contributed by atoms with E-state index < -0.39 is 0 Å². The lowest BCUT2D eigenvalue weighted by Crippen LogP contribution is -2.40. The third-order valence-corrected chi connectivity index (χ3v) is 2.49. The predicted molar refractivity (Wildman–Crippen MR) is 61.1 cm³/mol. The molecule has 0 aliphatic heterocycles. The fraction of sp³-hybridized carbons (Fsp3) is 0.583. The van der Waals surface area contributed by atoms with Crippen molar-refractivity contribution in [1.82, 2.24) is 5.32 Å². The summed E-state index contributed by atoms with van der Waals surface area (Å²) in [6, 6.07) is 3.82. The smallest absolute Gasteiger partial charge is 0.322 e. The molecule has 16 heavy (non-hydrogen) atoms. The maximum atomic E-state index is 11.2. The summed E-state index contributed by atoms with van der Waals surface area (Å²) < 4.78 is 9.88. The fourth-order valence-electron chi connectivity index (χ4n) is 1.57. The second-order valence-electron chi connectivity index (χ2n) is 3.93. The number of hydrogen-bond donors (Lipinski definition) is 1. The molecule has 0 bridgehead atoms. The van der Waals surface area contributed by atoms with E-state index in [1.807, 2.05) is 19.1 Å². The second-order valence-corrected chi connectivity index (χ2v) is 3.93. The van der Waals surface area contributed by atoms with Gasteiger partial charge in [0, 0.05) is 12.5 Å². The van der Waals surface area contributed by atoms with Crippen molar-refractivity contribution < 1.29 is 13.9 Å². The lowest BCUT2D eigenvalue weighted by atomic mass is 10.1. The number of methoxy groups -OCH3 is 1. The van der Waals surface area contributed by atoms with E-state index in [1.165, 1.54) is 7.11 Å². The third-order valence-electron chi connectivity index (χ3n) is 2.49. The van der Waals surface area contributed by atoms with Crippen LogP contribution in [0, 0.1) is 0 Å². The Kier molecular flexibility index (Phi) is 5.05. The number of nitrogens with one attached hydrogen (secondary N) is 1. The number of furan rings is 1. The van der Waals surface area contributed by atoms with Gasteiger partial charge in [-0.25, -0.2) is 0 Å². The largest absolute Gasteiger partial charge is 0.469 e. The van der Waals surface area contributed by atoms with Gasteiger partial charge in [0.25, 0.3) is 0 Å². The van der Waals surface area contributed by atoms with Gasteiger partial charge in [-0.05, 0) is 32.4 Å². The normalized spacial score (nSPS) is 14.4. The van der Waals surface area contributed by atoms with Crippen LogP contribution in [0.15, 0.2) is 22.8 Å². The predicted octanol–water partition coefficient (Wildman–Crippen LogP) is 1.75. The van der Waals surface area contributed by atoms with Crippen molar-refractivity contribution in [2.75, 3.05) is 7.11 Å². The molecule has 0 spiro atoms. The minimum atomic E-state index is -0.267. The molecule has 0 aliphatic rings. The van der Waals surface area contributed by atoms with E-state index in [0.717, 1.165) is 18.6 Å². The van der Waals surface area contributed by atoms with Crippen molar-refractivity contribution in [3.63, 3.8) is 0 Å². The summed E-state index contributed by atoms with van der Waals surface area (Å²) in [6.45, 7) is 3.84. The summed E-state index contributed by atoms with van der Waals surface area (Å²) >= 11 is 0. The van der Waals surface area contributed by atoms with Crippen LogP contribution >= 0.6 is 0 Å². The maximum absolute atomic E-state index is 11.2. The van der Waals surface area contributed by atoms with Gasteiger partial charge in [-0.2, -0.15) is 0 Å². The first kappa shape index (κ1) is 12.8. The Bertz CT molecular complexity index is 308. The number of ether oxygens (including phenoxy) is 1. The molecule has 1 heterocycles. The summed E-state index contributed by atoms with van der Waals surface area (Å²) in [5, 5.41) is 3.18. The number of esters is 1. The topological polar surface area (TPSA) is 51.5 Å². The molecular formula is C12H19NO3. The average Bonchev–Trinajstić information content (AvgIpc) is 2.78. The van der Waals surface area contributed by atoms with Crippen LogP contribution < -0.4 is 5.32 Å². The zero-order valence-corrected chi connectivity index (χ0v) is 10.0. The molecule has 0 radical (unpaired) electrons. The van der Waals surface area contributed by atoms with Crippen molar-refractivity contribution in [2.45, 2.75) is 38.8 Å². The van der Waals surface area contributed by atoms with E-state index in [2.05, 4.69) is 10.1 Å². The highest BCUT2D eigenvalue weighted by Gasteiger charge is 2.15. The second kappa shape index (κ2) is 6.33. The Morgan fingerprint density at radius 2 is 2.31 bits per heavy atom. The van der Waals surface area contributed by atoms with E-state index >= 15 is 0 Å². The van der Waals surface area contributed by atoms with Crippen LogP contribution in [-0.2, 0) is 16.0 Å². The molecule has 0 saturated heterocycles. The summed E-state index contributed by atoms with van der Waals surface area (Å²) in [7, 11) is 1.40. The first-order chi connectivity index (χ1) is 7.63. The summed E-state index contributed by atoms with van der Waals surface area (Å²) in [5.74, 6) is 0.740.